The Kier molecular flexibility index (Phi) is 7.48. The fraction of sp³-hybridized carbons (Fsp3) is 0.320. The van der Waals surface area contributed by atoms with E-state index in [-0.39, 0.29) is 6.42 Å². The zero-order valence-electron chi connectivity index (χ0n) is 16.3. The molecule has 1 N–H and O–H groups in total. The third-order valence-corrected chi connectivity index (χ3v) is 5.00. The lowest BCUT2D eigenvalue weighted by Gasteiger charge is -2.08. The van der Waals surface area contributed by atoms with E-state index in [0.717, 1.165) is 44.3 Å². The molecule has 3 aromatic rings. The molecule has 0 fully saturated rings. The van der Waals surface area contributed by atoms with Crippen LogP contribution in [0.2, 0.25) is 0 Å². The SMILES string of the molecule is O=C(O)CCCCCCc1ccc(OCCc2ccc3ccccc3c2)cc1. The van der Waals surface area contributed by atoms with Gasteiger partial charge >= 0.3 is 5.97 Å². The van der Waals surface area contributed by atoms with Gasteiger partial charge in [-0.25, -0.2) is 0 Å². The second kappa shape index (κ2) is 10.5. The Balaban J connectivity index is 1.37. The molecular weight excluding hydrogens is 348 g/mol. The number of hydrogen-bond donors (Lipinski definition) is 1. The van der Waals surface area contributed by atoms with Crippen LogP contribution in [0, 0.1) is 0 Å². The molecule has 0 unspecified atom stereocenters. The van der Waals surface area contributed by atoms with Crippen LogP contribution in [0.3, 0.4) is 0 Å². The van der Waals surface area contributed by atoms with Crippen LogP contribution < -0.4 is 4.74 Å². The van der Waals surface area contributed by atoms with Crippen molar-refractivity contribution in [1.82, 2.24) is 0 Å². The average molecular weight is 376 g/mol. The molecule has 3 aromatic carbocycles. The molecular formula is C25H28O3. The summed E-state index contributed by atoms with van der Waals surface area (Å²) < 4.78 is 5.90. The Labute approximate surface area is 167 Å². The van der Waals surface area contributed by atoms with Gasteiger partial charge in [-0.05, 0) is 53.3 Å². The molecule has 28 heavy (non-hydrogen) atoms. The highest BCUT2D eigenvalue weighted by molar-refractivity contribution is 5.82. The molecule has 0 aromatic heterocycles. The minimum atomic E-state index is -0.698. The van der Waals surface area contributed by atoms with Crippen LogP contribution in [0.4, 0.5) is 0 Å². The molecule has 0 bridgehead atoms. The lowest BCUT2D eigenvalue weighted by atomic mass is 10.1. The van der Waals surface area contributed by atoms with Gasteiger partial charge < -0.3 is 9.84 Å². The van der Waals surface area contributed by atoms with Crippen LogP contribution in [0.15, 0.2) is 66.7 Å². The minimum absolute atomic E-state index is 0.283. The normalized spacial score (nSPS) is 10.9. The van der Waals surface area contributed by atoms with E-state index in [9.17, 15) is 4.79 Å². The third kappa shape index (κ3) is 6.41. The van der Waals surface area contributed by atoms with Crippen LogP contribution in [-0.4, -0.2) is 17.7 Å². The largest absolute Gasteiger partial charge is 0.493 e. The smallest absolute Gasteiger partial charge is 0.303 e. The van der Waals surface area contributed by atoms with E-state index in [4.69, 9.17) is 9.84 Å². The zero-order chi connectivity index (χ0) is 19.6. The lowest BCUT2D eigenvalue weighted by molar-refractivity contribution is -0.137. The van der Waals surface area contributed by atoms with Gasteiger partial charge in [0, 0.05) is 12.8 Å². The molecule has 3 heteroatoms. The second-order valence-electron chi connectivity index (χ2n) is 7.23. The van der Waals surface area contributed by atoms with Gasteiger partial charge in [-0.3, -0.25) is 4.79 Å². The summed E-state index contributed by atoms with van der Waals surface area (Å²) in [5.74, 6) is 0.210. The first-order valence-corrected chi connectivity index (χ1v) is 10.1. The topological polar surface area (TPSA) is 46.5 Å². The summed E-state index contributed by atoms with van der Waals surface area (Å²) in [6.07, 6.45) is 6.15. The average Bonchev–Trinajstić information content (AvgIpc) is 2.71. The van der Waals surface area contributed by atoms with Crippen LogP contribution in [-0.2, 0) is 17.6 Å². The van der Waals surface area contributed by atoms with Crippen LogP contribution >= 0.6 is 0 Å². The van der Waals surface area contributed by atoms with Crippen molar-refractivity contribution in [2.75, 3.05) is 6.61 Å². The van der Waals surface area contributed by atoms with Gasteiger partial charge in [-0.2, -0.15) is 0 Å². The Morgan fingerprint density at radius 3 is 2.25 bits per heavy atom. The highest BCUT2D eigenvalue weighted by atomic mass is 16.5. The molecule has 0 saturated heterocycles. The Hall–Kier alpha value is -2.81. The monoisotopic (exact) mass is 376 g/mol. The summed E-state index contributed by atoms with van der Waals surface area (Å²) >= 11 is 0. The molecule has 0 aliphatic heterocycles. The van der Waals surface area contributed by atoms with Gasteiger partial charge in [0.05, 0.1) is 6.61 Å². The van der Waals surface area contributed by atoms with E-state index < -0.39 is 5.97 Å². The maximum Gasteiger partial charge on any atom is 0.303 e. The molecule has 146 valence electrons. The number of fused-ring (bicyclic) bond motifs is 1. The van der Waals surface area contributed by atoms with E-state index in [0.29, 0.717) is 6.61 Å². The summed E-state index contributed by atoms with van der Waals surface area (Å²) in [4.78, 5) is 10.5. The predicted octanol–water partition coefficient (Wildman–Crippen LogP) is 6.04. The van der Waals surface area contributed by atoms with Crippen LogP contribution in [0.5, 0.6) is 5.75 Å². The van der Waals surface area contributed by atoms with Gasteiger partial charge in [0.1, 0.15) is 5.75 Å². The Bertz CT molecular complexity index is 884. The lowest BCUT2D eigenvalue weighted by Crippen LogP contribution is -2.01. The van der Waals surface area contributed by atoms with Crippen molar-refractivity contribution in [3.63, 3.8) is 0 Å². The molecule has 0 heterocycles. The summed E-state index contributed by atoms with van der Waals surface area (Å²) in [5.41, 5.74) is 2.60. The molecule has 3 rings (SSSR count). The molecule has 0 radical (unpaired) electrons. The standard InChI is InChI=1S/C25H28O3/c26-25(27)10-4-2-1-3-7-20-12-15-24(16-13-20)28-18-17-21-11-14-22-8-5-6-9-23(22)19-21/h5-6,8-9,11-16,19H,1-4,7,10,17-18H2,(H,26,27). The highest BCUT2D eigenvalue weighted by Crippen LogP contribution is 2.18. The first-order valence-electron chi connectivity index (χ1n) is 10.1. The van der Waals surface area contributed by atoms with Gasteiger partial charge in [0.15, 0.2) is 0 Å². The van der Waals surface area contributed by atoms with E-state index in [1.807, 2.05) is 12.1 Å². The number of aryl methyl sites for hydroxylation is 1. The van der Waals surface area contributed by atoms with Crippen molar-refractivity contribution in [3.8, 4) is 5.75 Å². The maximum absolute atomic E-state index is 10.5. The summed E-state index contributed by atoms with van der Waals surface area (Å²) in [6, 6.07) is 23.3. The van der Waals surface area contributed by atoms with Gasteiger partial charge in [0.25, 0.3) is 0 Å². The predicted molar refractivity (Wildman–Crippen MR) is 114 cm³/mol. The molecule has 0 saturated carbocycles. The number of unbranched alkanes of at least 4 members (excludes halogenated alkanes) is 3. The molecule has 0 amide bonds. The fourth-order valence-corrected chi connectivity index (χ4v) is 3.39. The van der Waals surface area contributed by atoms with Crippen LogP contribution in [0.1, 0.15) is 43.2 Å². The third-order valence-electron chi connectivity index (χ3n) is 5.00. The second-order valence-corrected chi connectivity index (χ2v) is 7.23. The van der Waals surface area contributed by atoms with Crippen molar-refractivity contribution in [2.45, 2.75) is 44.9 Å². The summed E-state index contributed by atoms with van der Waals surface area (Å²) in [6.45, 7) is 0.668. The molecule has 0 atom stereocenters. The van der Waals surface area contributed by atoms with E-state index >= 15 is 0 Å². The minimum Gasteiger partial charge on any atom is -0.493 e. The number of carboxylic acids is 1. The number of hydrogen-bond acceptors (Lipinski definition) is 2. The van der Waals surface area contributed by atoms with E-state index in [1.54, 1.807) is 0 Å². The quantitative estimate of drug-likeness (QED) is 0.415. The number of benzene rings is 3. The summed E-state index contributed by atoms with van der Waals surface area (Å²) in [5, 5.41) is 11.2. The number of carbonyl (C=O) groups is 1. The van der Waals surface area contributed by atoms with Crippen molar-refractivity contribution < 1.29 is 14.6 Å². The highest BCUT2D eigenvalue weighted by Gasteiger charge is 2.00. The number of ether oxygens (including phenoxy) is 1. The van der Waals surface area contributed by atoms with E-state index in [1.165, 1.54) is 21.9 Å². The fourth-order valence-electron chi connectivity index (χ4n) is 3.39. The molecule has 0 aliphatic carbocycles. The van der Waals surface area contributed by atoms with Gasteiger partial charge in [-0.1, -0.05) is 67.4 Å². The van der Waals surface area contributed by atoms with Crippen molar-refractivity contribution in [1.29, 1.82) is 0 Å². The molecule has 0 aliphatic rings. The van der Waals surface area contributed by atoms with Crippen molar-refractivity contribution >= 4 is 16.7 Å². The summed E-state index contributed by atoms with van der Waals surface area (Å²) in [7, 11) is 0. The number of carboxylic acid groups (broad SMARTS) is 1. The molecule has 3 nitrogen and oxygen atoms in total. The Morgan fingerprint density at radius 1 is 0.750 bits per heavy atom. The van der Waals surface area contributed by atoms with Crippen LogP contribution in [0.25, 0.3) is 10.8 Å². The number of aliphatic carboxylic acids is 1. The van der Waals surface area contributed by atoms with Crippen molar-refractivity contribution in [2.24, 2.45) is 0 Å². The van der Waals surface area contributed by atoms with Gasteiger partial charge in [-0.15, -0.1) is 0 Å². The maximum atomic E-state index is 10.5. The van der Waals surface area contributed by atoms with Gasteiger partial charge in [0.2, 0.25) is 0 Å². The molecule has 0 spiro atoms. The first kappa shape index (κ1) is 19.9. The van der Waals surface area contributed by atoms with E-state index in [2.05, 4.69) is 54.6 Å². The first-order chi connectivity index (χ1) is 13.7. The zero-order valence-corrected chi connectivity index (χ0v) is 16.3. The van der Waals surface area contributed by atoms with Crippen molar-refractivity contribution in [3.05, 3.63) is 77.9 Å². The number of rotatable bonds is 11. The Morgan fingerprint density at radius 2 is 1.46 bits per heavy atom.